The highest BCUT2D eigenvalue weighted by Crippen LogP contribution is 2.19. The highest BCUT2D eigenvalue weighted by atomic mass is 16.3. The van der Waals surface area contributed by atoms with Crippen molar-refractivity contribution in [3.05, 3.63) is 35.4 Å². The summed E-state index contributed by atoms with van der Waals surface area (Å²) in [6, 6.07) is 9.10. The lowest BCUT2D eigenvalue weighted by Crippen LogP contribution is -2.44. The molecule has 2 N–H and O–H groups in total. The first kappa shape index (κ1) is 11.6. The average Bonchev–Trinajstić information content (AvgIpc) is 2.30. The van der Waals surface area contributed by atoms with Crippen LogP contribution in [0.4, 0.5) is 0 Å². The van der Waals surface area contributed by atoms with Crippen molar-refractivity contribution in [2.75, 3.05) is 13.2 Å². The van der Waals surface area contributed by atoms with Crippen LogP contribution in [0.5, 0.6) is 0 Å². The van der Waals surface area contributed by atoms with Crippen LogP contribution < -0.4 is 5.32 Å². The fraction of sp³-hybridized carbons (Fsp3) is 0.571. The lowest BCUT2D eigenvalue weighted by Gasteiger charge is -2.31. The topological polar surface area (TPSA) is 32.3 Å². The summed E-state index contributed by atoms with van der Waals surface area (Å²) in [4.78, 5) is 0. The van der Waals surface area contributed by atoms with Crippen molar-refractivity contribution in [2.24, 2.45) is 5.92 Å². The lowest BCUT2D eigenvalue weighted by atomic mass is 9.87. The van der Waals surface area contributed by atoms with Crippen molar-refractivity contribution >= 4 is 0 Å². The maximum absolute atomic E-state index is 9.35. The van der Waals surface area contributed by atoms with Gasteiger partial charge in [-0.15, -0.1) is 0 Å². The second-order valence-electron chi connectivity index (χ2n) is 4.84. The van der Waals surface area contributed by atoms with E-state index in [0.29, 0.717) is 18.6 Å². The Labute approximate surface area is 97.7 Å². The van der Waals surface area contributed by atoms with E-state index in [1.807, 2.05) is 0 Å². The van der Waals surface area contributed by atoms with Gasteiger partial charge >= 0.3 is 0 Å². The highest BCUT2D eigenvalue weighted by molar-refractivity contribution is 5.23. The Morgan fingerprint density at radius 2 is 2.31 bits per heavy atom. The van der Waals surface area contributed by atoms with E-state index in [0.717, 1.165) is 19.4 Å². The minimum atomic E-state index is 0.309. The molecule has 0 spiro atoms. The summed E-state index contributed by atoms with van der Waals surface area (Å²) in [5.74, 6) is 0.425. The van der Waals surface area contributed by atoms with E-state index in [4.69, 9.17) is 0 Å². The van der Waals surface area contributed by atoms with Crippen molar-refractivity contribution in [1.29, 1.82) is 0 Å². The van der Waals surface area contributed by atoms with Gasteiger partial charge in [0, 0.05) is 12.6 Å². The van der Waals surface area contributed by atoms with E-state index in [1.54, 1.807) is 0 Å². The van der Waals surface area contributed by atoms with Crippen LogP contribution in [0.25, 0.3) is 0 Å². The van der Waals surface area contributed by atoms with Crippen LogP contribution in [0.1, 0.15) is 24.0 Å². The summed E-state index contributed by atoms with van der Waals surface area (Å²) in [6.45, 7) is 3.53. The minimum absolute atomic E-state index is 0.309. The Bertz CT molecular complexity index is 337. The van der Waals surface area contributed by atoms with Gasteiger partial charge in [0.05, 0.1) is 0 Å². The van der Waals surface area contributed by atoms with E-state index >= 15 is 0 Å². The monoisotopic (exact) mass is 219 g/mol. The number of hydrogen-bond donors (Lipinski definition) is 2. The van der Waals surface area contributed by atoms with Crippen LogP contribution in [0.2, 0.25) is 0 Å². The zero-order chi connectivity index (χ0) is 11.4. The Balaban J connectivity index is 2.02. The summed E-state index contributed by atoms with van der Waals surface area (Å²) in [7, 11) is 0. The summed E-state index contributed by atoms with van der Waals surface area (Å²) in [5, 5.41) is 12.9. The van der Waals surface area contributed by atoms with Gasteiger partial charge in [-0.05, 0) is 44.2 Å². The molecule has 2 unspecified atom stereocenters. The second kappa shape index (κ2) is 5.46. The van der Waals surface area contributed by atoms with Crippen LogP contribution in [-0.4, -0.2) is 24.3 Å². The SMILES string of the molecule is Cc1cccc(CC2NCCCC2CO)c1. The molecule has 1 fully saturated rings. The van der Waals surface area contributed by atoms with Gasteiger partial charge in [-0.2, -0.15) is 0 Å². The maximum Gasteiger partial charge on any atom is 0.0474 e. The first-order chi connectivity index (χ1) is 7.79. The highest BCUT2D eigenvalue weighted by Gasteiger charge is 2.23. The molecule has 2 rings (SSSR count). The smallest absolute Gasteiger partial charge is 0.0474 e. The van der Waals surface area contributed by atoms with Gasteiger partial charge in [0.2, 0.25) is 0 Å². The molecule has 2 heteroatoms. The second-order valence-corrected chi connectivity index (χ2v) is 4.84. The molecule has 1 heterocycles. The van der Waals surface area contributed by atoms with E-state index in [1.165, 1.54) is 17.5 Å². The van der Waals surface area contributed by atoms with Crippen molar-refractivity contribution < 1.29 is 5.11 Å². The van der Waals surface area contributed by atoms with Gasteiger partial charge in [0.15, 0.2) is 0 Å². The van der Waals surface area contributed by atoms with Gasteiger partial charge in [-0.25, -0.2) is 0 Å². The van der Waals surface area contributed by atoms with E-state index in [-0.39, 0.29) is 0 Å². The number of piperidine rings is 1. The molecule has 2 atom stereocenters. The van der Waals surface area contributed by atoms with E-state index < -0.39 is 0 Å². The molecule has 0 aromatic heterocycles. The van der Waals surface area contributed by atoms with Crippen molar-refractivity contribution in [1.82, 2.24) is 5.32 Å². The molecule has 2 nitrogen and oxygen atoms in total. The zero-order valence-electron chi connectivity index (χ0n) is 9.95. The minimum Gasteiger partial charge on any atom is -0.396 e. The van der Waals surface area contributed by atoms with Crippen LogP contribution in [0.15, 0.2) is 24.3 Å². The Hall–Kier alpha value is -0.860. The lowest BCUT2D eigenvalue weighted by molar-refractivity contribution is 0.159. The van der Waals surface area contributed by atoms with Gasteiger partial charge in [-0.1, -0.05) is 29.8 Å². The van der Waals surface area contributed by atoms with Crippen LogP contribution in [-0.2, 0) is 6.42 Å². The summed E-state index contributed by atoms with van der Waals surface area (Å²) in [5.41, 5.74) is 2.69. The van der Waals surface area contributed by atoms with Crippen molar-refractivity contribution in [3.8, 4) is 0 Å². The molecular weight excluding hydrogens is 198 g/mol. The maximum atomic E-state index is 9.35. The molecule has 88 valence electrons. The summed E-state index contributed by atoms with van der Waals surface area (Å²) >= 11 is 0. The summed E-state index contributed by atoms with van der Waals surface area (Å²) in [6.07, 6.45) is 3.38. The Morgan fingerprint density at radius 3 is 3.06 bits per heavy atom. The zero-order valence-corrected chi connectivity index (χ0v) is 9.95. The quantitative estimate of drug-likeness (QED) is 0.814. The standard InChI is InChI=1S/C14H21NO/c1-11-4-2-5-12(8-11)9-14-13(10-16)6-3-7-15-14/h2,4-5,8,13-16H,3,6-7,9-10H2,1H3. The molecule has 0 radical (unpaired) electrons. The van der Waals surface area contributed by atoms with Crippen LogP contribution in [0.3, 0.4) is 0 Å². The first-order valence-electron chi connectivity index (χ1n) is 6.19. The number of aliphatic hydroxyl groups is 1. The predicted octanol–water partition coefficient (Wildman–Crippen LogP) is 1.90. The van der Waals surface area contributed by atoms with Crippen molar-refractivity contribution in [3.63, 3.8) is 0 Å². The first-order valence-corrected chi connectivity index (χ1v) is 6.19. The van der Waals surface area contributed by atoms with Crippen LogP contribution in [0, 0.1) is 12.8 Å². The third-order valence-electron chi connectivity index (χ3n) is 3.50. The predicted molar refractivity (Wildman–Crippen MR) is 66.5 cm³/mol. The molecule has 1 aromatic rings. The fourth-order valence-electron chi connectivity index (χ4n) is 2.57. The molecule has 0 amide bonds. The van der Waals surface area contributed by atoms with E-state index in [2.05, 4.69) is 36.5 Å². The molecule has 1 aliphatic heterocycles. The van der Waals surface area contributed by atoms with E-state index in [9.17, 15) is 5.11 Å². The third kappa shape index (κ3) is 2.83. The summed E-state index contributed by atoms with van der Waals surface area (Å²) < 4.78 is 0. The molecule has 16 heavy (non-hydrogen) atoms. The average molecular weight is 219 g/mol. The van der Waals surface area contributed by atoms with Gasteiger partial charge in [0.1, 0.15) is 0 Å². The van der Waals surface area contributed by atoms with Gasteiger partial charge in [-0.3, -0.25) is 0 Å². The van der Waals surface area contributed by atoms with Gasteiger partial charge in [0.25, 0.3) is 0 Å². The Kier molecular flexibility index (Phi) is 3.97. The molecule has 0 bridgehead atoms. The number of hydrogen-bond acceptors (Lipinski definition) is 2. The Morgan fingerprint density at radius 1 is 1.44 bits per heavy atom. The largest absolute Gasteiger partial charge is 0.396 e. The number of rotatable bonds is 3. The number of benzene rings is 1. The normalized spacial score (nSPS) is 25.6. The number of aryl methyl sites for hydroxylation is 1. The van der Waals surface area contributed by atoms with Crippen molar-refractivity contribution in [2.45, 2.75) is 32.2 Å². The molecule has 0 aliphatic carbocycles. The molecule has 1 saturated heterocycles. The fourth-order valence-corrected chi connectivity index (χ4v) is 2.57. The van der Waals surface area contributed by atoms with Crippen LogP contribution >= 0.6 is 0 Å². The number of nitrogens with one attached hydrogen (secondary N) is 1. The molecular formula is C14H21NO. The molecule has 0 saturated carbocycles. The third-order valence-corrected chi connectivity index (χ3v) is 3.50. The molecule has 1 aromatic carbocycles. The van der Waals surface area contributed by atoms with Gasteiger partial charge < -0.3 is 10.4 Å². The molecule has 1 aliphatic rings. The number of aliphatic hydroxyl groups excluding tert-OH is 1.